The smallest absolute Gasteiger partial charge is 0.249 e. The first-order valence-corrected chi connectivity index (χ1v) is 8.80. The molecule has 3 rings (SSSR count). The van der Waals surface area contributed by atoms with Crippen molar-refractivity contribution >= 4 is 11.8 Å². The second-order valence-electron chi connectivity index (χ2n) is 6.57. The number of methoxy groups -OCH3 is 1. The normalized spacial score (nSPS) is 22.4. The Morgan fingerprint density at radius 3 is 3.00 bits per heavy atom. The van der Waals surface area contributed by atoms with Crippen LogP contribution in [0.4, 0.5) is 0 Å². The van der Waals surface area contributed by atoms with Crippen molar-refractivity contribution < 1.29 is 19.1 Å². The predicted molar refractivity (Wildman–Crippen MR) is 93.2 cm³/mol. The summed E-state index contributed by atoms with van der Waals surface area (Å²) in [5.41, 5.74) is 0.961. The van der Waals surface area contributed by atoms with Gasteiger partial charge in [0.05, 0.1) is 25.1 Å². The standard InChI is InChI=1S/C19H23N3O4/c1-25-13-18(24)22-10-7-17(23)21(9-4-8-20)11-14-12-26-16-6-3-2-5-15(16)19(14)22/h2-3,5-6,14,19H,4,7,9-13H2,1H3/t14-,19-/m0/s1. The van der Waals surface area contributed by atoms with E-state index in [1.165, 1.54) is 7.11 Å². The number of carbonyl (C=O) groups is 2. The number of hydrogen-bond acceptors (Lipinski definition) is 5. The maximum atomic E-state index is 12.7. The molecule has 0 unspecified atom stereocenters. The lowest BCUT2D eigenvalue weighted by Gasteiger charge is -2.44. The molecule has 2 atom stereocenters. The molecule has 7 heteroatoms. The molecule has 0 N–H and O–H groups in total. The summed E-state index contributed by atoms with van der Waals surface area (Å²) >= 11 is 0. The van der Waals surface area contributed by atoms with Crippen molar-refractivity contribution in [3.63, 3.8) is 0 Å². The molecule has 0 radical (unpaired) electrons. The summed E-state index contributed by atoms with van der Waals surface area (Å²) in [5.74, 6) is 0.568. The van der Waals surface area contributed by atoms with Gasteiger partial charge in [-0.05, 0) is 6.07 Å². The average Bonchev–Trinajstić information content (AvgIpc) is 2.64. The van der Waals surface area contributed by atoms with Gasteiger partial charge in [0.2, 0.25) is 11.8 Å². The lowest BCUT2D eigenvalue weighted by Crippen LogP contribution is -2.51. The van der Waals surface area contributed by atoms with Gasteiger partial charge in [0.15, 0.2) is 0 Å². The third kappa shape index (κ3) is 3.65. The maximum Gasteiger partial charge on any atom is 0.249 e. The van der Waals surface area contributed by atoms with E-state index in [2.05, 4.69) is 6.07 Å². The third-order valence-electron chi connectivity index (χ3n) is 4.93. The van der Waals surface area contributed by atoms with Crippen molar-refractivity contribution in [1.29, 1.82) is 5.26 Å². The molecule has 0 aliphatic carbocycles. The van der Waals surface area contributed by atoms with Gasteiger partial charge in [-0.1, -0.05) is 18.2 Å². The van der Waals surface area contributed by atoms with Crippen LogP contribution in [0.1, 0.15) is 24.4 Å². The third-order valence-corrected chi connectivity index (χ3v) is 4.93. The maximum absolute atomic E-state index is 12.7. The van der Waals surface area contributed by atoms with E-state index < -0.39 is 0 Å². The molecule has 2 amide bonds. The molecule has 1 aromatic carbocycles. The number of carbonyl (C=O) groups excluding carboxylic acids is 2. The SMILES string of the molecule is COCC(=O)N1CCC(=O)N(CCC#N)C[C@H]2COc3ccccc3[C@H]21. The first-order valence-electron chi connectivity index (χ1n) is 8.80. The second kappa shape index (κ2) is 8.19. The lowest BCUT2D eigenvalue weighted by atomic mass is 9.87. The van der Waals surface area contributed by atoms with Gasteiger partial charge in [-0.25, -0.2) is 0 Å². The van der Waals surface area contributed by atoms with Crippen LogP contribution in [0, 0.1) is 17.2 Å². The number of para-hydroxylation sites is 1. The van der Waals surface area contributed by atoms with E-state index in [0.29, 0.717) is 32.7 Å². The van der Waals surface area contributed by atoms with Crippen LogP contribution in [-0.4, -0.2) is 61.6 Å². The number of amides is 2. The van der Waals surface area contributed by atoms with Crippen molar-refractivity contribution in [2.75, 3.05) is 40.0 Å². The quantitative estimate of drug-likeness (QED) is 0.812. The molecular weight excluding hydrogens is 334 g/mol. The fourth-order valence-corrected chi connectivity index (χ4v) is 3.76. The fourth-order valence-electron chi connectivity index (χ4n) is 3.76. The van der Waals surface area contributed by atoms with Crippen LogP contribution in [0.25, 0.3) is 0 Å². The molecular formula is C19H23N3O4. The van der Waals surface area contributed by atoms with Crippen molar-refractivity contribution in [2.24, 2.45) is 5.92 Å². The van der Waals surface area contributed by atoms with Gasteiger partial charge in [0.1, 0.15) is 12.4 Å². The number of benzene rings is 1. The van der Waals surface area contributed by atoms with Gasteiger partial charge < -0.3 is 19.3 Å². The van der Waals surface area contributed by atoms with Crippen molar-refractivity contribution in [3.8, 4) is 11.8 Å². The van der Waals surface area contributed by atoms with Crippen LogP contribution >= 0.6 is 0 Å². The molecule has 1 fully saturated rings. The van der Waals surface area contributed by atoms with Crippen LogP contribution in [0.3, 0.4) is 0 Å². The van der Waals surface area contributed by atoms with Crippen molar-refractivity contribution in [2.45, 2.75) is 18.9 Å². The highest BCUT2D eigenvalue weighted by Gasteiger charge is 2.40. The highest BCUT2D eigenvalue weighted by Crippen LogP contribution is 2.40. The molecule has 0 bridgehead atoms. The summed E-state index contributed by atoms with van der Waals surface area (Å²) in [5, 5.41) is 8.87. The number of ether oxygens (including phenoxy) is 2. The molecule has 1 aromatic rings. The zero-order valence-corrected chi connectivity index (χ0v) is 14.9. The first-order chi connectivity index (χ1) is 12.7. The van der Waals surface area contributed by atoms with Crippen LogP contribution in [0.5, 0.6) is 5.75 Å². The van der Waals surface area contributed by atoms with Crippen molar-refractivity contribution in [1.82, 2.24) is 9.80 Å². The van der Waals surface area contributed by atoms with E-state index in [4.69, 9.17) is 14.7 Å². The molecule has 0 aromatic heterocycles. The summed E-state index contributed by atoms with van der Waals surface area (Å²) in [6.07, 6.45) is 0.542. The summed E-state index contributed by atoms with van der Waals surface area (Å²) < 4.78 is 10.9. The van der Waals surface area contributed by atoms with E-state index in [1.807, 2.05) is 24.3 Å². The molecule has 2 aliphatic heterocycles. The highest BCUT2D eigenvalue weighted by molar-refractivity contribution is 5.81. The zero-order valence-electron chi connectivity index (χ0n) is 14.9. The minimum atomic E-state index is -0.166. The summed E-state index contributed by atoms with van der Waals surface area (Å²) in [6.45, 7) is 1.62. The lowest BCUT2D eigenvalue weighted by molar-refractivity contribution is -0.144. The Hall–Kier alpha value is -2.59. The fraction of sp³-hybridized carbons (Fsp3) is 0.526. The number of hydrogen-bond donors (Lipinski definition) is 0. The Morgan fingerprint density at radius 1 is 1.42 bits per heavy atom. The van der Waals surface area contributed by atoms with Gasteiger partial charge >= 0.3 is 0 Å². The minimum absolute atomic E-state index is 0.0153. The number of rotatable bonds is 4. The molecule has 26 heavy (non-hydrogen) atoms. The van der Waals surface area contributed by atoms with E-state index in [0.717, 1.165) is 11.3 Å². The highest BCUT2D eigenvalue weighted by atomic mass is 16.5. The molecule has 2 heterocycles. The molecule has 0 saturated carbocycles. The topological polar surface area (TPSA) is 82.9 Å². The van der Waals surface area contributed by atoms with E-state index in [-0.39, 0.29) is 36.8 Å². The van der Waals surface area contributed by atoms with Crippen LogP contribution in [0.15, 0.2) is 24.3 Å². The Morgan fingerprint density at radius 2 is 2.23 bits per heavy atom. The second-order valence-corrected chi connectivity index (χ2v) is 6.57. The first kappa shape index (κ1) is 18.2. The number of nitrogens with zero attached hydrogens (tertiary/aromatic N) is 3. The monoisotopic (exact) mass is 357 g/mol. The van der Waals surface area contributed by atoms with Gasteiger partial charge in [0, 0.05) is 44.6 Å². The molecule has 2 aliphatic rings. The zero-order chi connectivity index (χ0) is 18.5. The van der Waals surface area contributed by atoms with E-state index >= 15 is 0 Å². The van der Waals surface area contributed by atoms with Gasteiger partial charge in [-0.2, -0.15) is 5.26 Å². The van der Waals surface area contributed by atoms with Gasteiger partial charge in [-0.15, -0.1) is 0 Å². The number of nitriles is 1. The Labute approximate surface area is 153 Å². The van der Waals surface area contributed by atoms with Crippen LogP contribution < -0.4 is 4.74 Å². The van der Waals surface area contributed by atoms with Gasteiger partial charge in [0.25, 0.3) is 0 Å². The van der Waals surface area contributed by atoms with Crippen LogP contribution in [0.2, 0.25) is 0 Å². The number of fused-ring (bicyclic) bond motifs is 3. The van der Waals surface area contributed by atoms with Gasteiger partial charge in [-0.3, -0.25) is 9.59 Å². The molecule has 7 nitrogen and oxygen atoms in total. The largest absolute Gasteiger partial charge is 0.493 e. The molecule has 0 spiro atoms. The summed E-state index contributed by atoms with van der Waals surface area (Å²) in [4.78, 5) is 28.7. The van der Waals surface area contributed by atoms with Crippen molar-refractivity contribution in [3.05, 3.63) is 29.8 Å². The summed E-state index contributed by atoms with van der Waals surface area (Å²) in [7, 11) is 1.49. The Bertz CT molecular complexity index is 715. The molecule has 1 saturated heterocycles. The summed E-state index contributed by atoms with van der Waals surface area (Å²) in [6, 6.07) is 9.65. The Balaban J connectivity index is 1.95. The van der Waals surface area contributed by atoms with E-state index in [1.54, 1.807) is 9.80 Å². The predicted octanol–water partition coefficient (Wildman–Crippen LogP) is 1.36. The minimum Gasteiger partial charge on any atom is -0.493 e. The Kier molecular flexibility index (Phi) is 5.74. The van der Waals surface area contributed by atoms with Crippen LogP contribution in [-0.2, 0) is 14.3 Å². The molecule has 138 valence electrons. The van der Waals surface area contributed by atoms with E-state index in [9.17, 15) is 9.59 Å². The average molecular weight is 357 g/mol.